The monoisotopic (exact) mass is 348 g/mol. The summed E-state index contributed by atoms with van der Waals surface area (Å²) in [5.74, 6) is 5.74. The Kier molecular flexibility index (Phi) is 5.36. The third kappa shape index (κ3) is 4.31. The third-order valence-electron chi connectivity index (χ3n) is 3.15. The zero-order chi connectivity index (χ0) is 15.2. The zero-order valence-electron chi connectivity index (χ0n) is 11.7. The van der Waals surface area contributed by atoms with E-state index in [0.29, 0.717) is 6.61 Å². The summed E-state index contributed by atoms with van der Waals surface area (Å²) in [6, 6.07) is 13.5. The van der Waals surface area contributed by atoms with Crippen LogP contribution in [0.2, 0.25) is 0 Å². The predicted molar refractivity (Wildman–Crippen MR) is 85.7 cm³/mol. The van der Waals surface area contributed by atoms with Gasteiger partial charge >= 0.3 is 0 Å². The van der Waals surface area contributed by atoms with Crippen LogP contribution in [0.4, 0.5) is 0 Å². The van der Waals surface area contributed by atoms with Crippen LogP contribution in [0, 0.1) is 6.92 Å². The van der Waals surface area contributed by atoms with E-state index in [-0.39, 0.29) is 12.3 Å². The Bertz CT molecular complexity index is 644. The molecule has 0 spiro atoms. The first-order valence-corrected chi connectivity index (χ1v) is 7.34. The molecule has 0 fully saturated rings. The number of halogens is 1. The molecule has 2 aromatic carbocycles. The van der Waals surface area contributed by atoms with Crippen LogP contribution in [0.3, 0.4) is 0 Å². The fraction of sp³-hybridized carbons (Fsp3) is 0.188. The summed E-state index contributed by atoms with van der Waals surface area (Å²) < 4.78 is 6.87. The molecule has 110 valence electrons. The van der Waals surface area contributed by atoms with Gasteiger partial charge < -0.3 is 4.74 Å². The average Bonchev–Trinajstić information content (AvgIpc) is 2.47. The molecule has 0 aliphatic heterocycles. The topological polar surface area (TPSA) is 64.3 Å². The third-order valence-corrected chi connectivity index (χ3v) is 3.64. The Morgan fingerprint density at radius 2 is 1.95 bits per heavy atom. The number of rotatable bonds is 5. The number of amides is 1. The molecule has 5 heteroatoms. The van der Waals surface area contributed by atoms with Gasteiger partial charge in [-0.05, 0) is 41.8 Å². The molecule has 0 saturated carbocycles. The molecule has 3 N–H and O–H groups in total. The lowest BCUT2D eigenvalue weighted by Gasteiger charge is -2.12. The number of carbonyl (C=O) groups excluding carboxylic acids is 1. The molecule has 0 unspecified atom stereocenters. The summed E-state index contributed by atoms with van der Waals surface area (Å²) in [7, 11) is 0. The highest BCUT2D eigenvalue weighted by Gasteiger charge is 2.08. The van der Waals surface area contributed by atoms with Gasteiger partial charge in [0.25, 0.3) is 0 Å². The number of ether oxygens (including phenoxy) is 1. The number of hydrazine groups is 1. The summed E-state index contributed by atoms with van der Waals surface area (Å²) in [4.78, 5) is 11.4. The van der Waals surface area contributed by atoms with Crippen molar-refractivity contribution in [1.82, 2.24) is 5.43 Å². The number of nitrogens with one attached hydrogen (secondary N) is 1. The minimum absolute atomic E-state index is 0.220. The highest BCUT2D eigenvalue weighted by Crippen LogP contribution is 2.23. The molecule has 0 saturated heterocycles. The molecule has 0 aromatic heterocycles. The minimum Gasteiger partial charge on any atom is -0.489 e. The van der Waals surface area contributed by atoms with E-state index >= 15 is 0 Å². The van der Waals surface area contributed by atoms with Gasteiger partial charge in [0, 0.05) is 4.47 Å². The van der Waals surface area contributed by atoms with Gasteiger partial charge in [-0.2, -0.15) is 0 Å². The van der Waals surface area contributed by atoms with Crippen molar-refractivity contribution < 1.29 is 9.53 Å². The number of hydrogen-bond acceptors (Lipinski definition) is 3. The summed E-state index contributed by atoms with van der Waals surface area (Å²) >= 11 is 3.43. The van der Waals surface area contributed by atoms with Crippen molar-refractivity contribution in [2.24, 2.45) is 5.84 Å². The molecule has 4 nitrogen and oxygen atoms in total. The zero-order valence-corrected chi connectivity index (χ0v) is 13.3. The van der Waals surface area contributed by atoms with E-state index in [1.165, 1.54) is 0 Å². The summed E-state index contributed by atoms with van der Waals surface area (Å²) in [6.45, 7) is 2.41. The van der Waals surface area contributed by atoms with E-state index in [0.717, 1.165) is 26.9 Å². The first-order valence-electron chi connectivity index (χ1n) is 6.55. The lowest BCUT2D eigenvalue weighted by atomic mass is 10.0. The average molecular weight is 349 g/mol. The molecule has 0 radical (unpaired) electrons. The molecule has 2 aromatic rings. The fourth-order valence-electron chi connectivity index (χ4n) is 2.03. The van der Waals surface area contributed by atoms with Crippen LogP contribution >= 0.6 is 15.9 Å². The van der Waals surface area contributed by atoms with Crippen LogP contribution in [0.15, 0.2) is 46.9 Å². The smallest absolute Gasteiger partial charge is 0.238 e. The predicted octanol–water partition coefficient (Wildman–Crippen LogP) is 2.87. The molecule has 1 amide bonds. The molecule has 0 aliphatic rings. The maximum Gasteiger partial charge on any atom is 0.238 e. The van der Waals surface area contributed by atoms with Crippen molar-refractivity contribution in [3.8, 4) is 5.75 Å². The number of hydrogen-bond donors (Lipinski definition) is 2. The number of aryl methyl sites for hydroxylation is 1. The molecular formula is C16H17BrN2O2. The first kappa shape index (κ1) is 15.5. The van der Waals surface area contributed by atoms with E-state index in [1.54, 1.807) is 0 Å². The Morgan fingerprint density at radius 1 is 1.24 bits per heavy atom. The van der Waals surface area contributed by atoms with E-state index in [2.05, 4.69) is 21.4 Å². The second-order valence-electron chi connectivity index (χ2n) is 4.71. The van der Waals surface area contributed by atoms with Gasteiger partial charge in [-0.15, -0.1) is 0 Å². The van der Waals surface area contributed by atoms with Gasteiger partial charge in [-0.3, -0.25) is 10.2 Å². The second-order valence-corrected chi connectivity index (χ2v) is 5.63. The second kappa shape index (κ2) is 7.24. The summed E-state index contributed by atoms with van der Waals surface area (Å²) in [5.41, 5.74) is 5.09. The van der Waals surface area contributed by atoms with Gasteiger partial charge in [0.15, 0.2) is 0 Å². The lowest BCUT2D eigenvalue weighted by molar-refractivity contribution is -0.120. The molecule has 0 bridgehead atoms. The summed E-state index contributed by atoms with van der Waals surface area (Å²) in [5, 5.41) is 0. The van der Waals surface area contributed by atoms with Crippen LogP contribution in [0.25, 0.3) is 0 Å². The molecule has 21 heavy (non-hydrogen) atoms. The Hall–Kier alpha value is -1.85. The fourth-order valence-corrected chi connectivity index (χ4v) is 2.50. The van der Waals surface area contributed by atoms with Crippen LogP contribution in [-0.4, -0.2) is 5.91 Å². The SMILES string of the molecule is Cc1cc(Br)ccc1OCc1ccccc1CC(=O)NN. The maximum atomic E-state index is 11.4. The molecule has 0 atom stereocenters. The van der Waals surface area contributed by atoms with Gasteiger partial charge in [-0.25, -0.2) is 5.84 Å². The van der Waals surface area contributed by atoms with E-state index in [1.807, 2.05) is 49.4 Å². The lowest BCUT2D eigenvalue weighted by Crippen LogP contribution is -2.31. The van der Waals surface area contributed by atoms with Crippen molar-refractivity contribution in [2.45, 2.75) is 20.0 Å². The van der Waals surface area contributed by atoms with Crippen LogP contribution in [0.1, 0.15) is 16.7 Å². The highest BCUT2D eigenvalue weighted by atomic mass is 79.9. The van der Waals surface area contributed by atoms with Crippen molar-refractivity contribution in [3.05, 3.63) is 63.6 Å². The van der Waals surface area contributed by atoms with Crippen molar-refractivity contribution in [3.63, 3.8) is 0 Å². The Balaban J connectivity index is 2.11. The maximum absolute atomic E-state index is 11.4. The van der Waals surface area contributed by atoms with Crippen LogP contribution in [-0.2, 0) is 17.8 Å². The normalized spacial score (nSPS) is 10.2. The number of carbonyl (C=O) groups is 1. The standard InChI is InChI=1S/C16H17BrN2O2/c1-11-8-14(17)6-7-15(11)21-10-13-5-3-2-4-12(13)9-16(20)19-18/h2-8H,9-10,18H2,1H3,(H,19,20). The van der Waals surface area contributed by atoms with Crippen LogP contribution in [0.5, 0.6) is 5.75 Å². The van der Waals surface area contributed by atoms with E-state index in [9.17, 15) is 4.79 Å². The quantitative estimate of drug-likeness (QED) is 0.496. The largest absolute Gasteiger partial charge is 0.489 e. The van der Waals surface area contributed by atoms with Crippen LogP contribution < -0.4 is 16.0 Å². The molecule has 0 heterocycles. The Morgan fingerprint density at radius 3 is 2.62 bits per heavy atom. The van der Waals surface area contributed by atoms with Gasteiger partial charge in [0.2, 0.25) is 5.91 Å². The number of benzene rings is 2. The van der Waals surface area contributed by atoms with Crippen molar-refractivity contribution in [1.29, 1.82) is 0 Å². The minimum atomic E-state index is -0.220. The molecular weight excluding hydrogens is 332 g/mol. The summed E-state index contributed by atoms with van der Waals surface area (Å²) in [6.07, 6.45) is 0.245. The van der Waals surface area contributed by atoms with Gasteiger partial charge in [0.05, 0.1) is 6.42 Å². The van der Waals surface area contributed by atoms with Gasteiger partial charge in [-0.1, -0.05) is 40.2 Å². The number of nitrogens with two attached hydrogens (primary N) is 1. The molecule has 0 aliphatic carbocycles. The Labute approximate surface area is 132 Å². The first-order chi connectivity index (χ1) is 10.1. The van der Waals surface area contributed by atoms with Gasteiger partial charge in [0.1, 0.15) is 12.4 Å². The van der Waals surface area contributed by atoms with Crippen molar-refractivity contribution in [2.75, 3.05) is 0 Å². The van der Waals surface area contributed by atoms with Crippen molar-refractivity contribution >= 4 is 21.8 Å². The van der Waals surface area contributed by atoms with E-state index in [4.69, 9.17) is 10.6 Å². The molecule has 2 rings (SSSR count). The van der Waals surface area contributed by atoms with E-state index < -0.39 is 0 Å². The highest BCUT2D eigenvalue weighted by molar-refractivity contribution is 9.10.